The quantitative estimate of drug-likeness (QED) is 0.889. The number of halogens is 3. The van der Waals surface area contributed by atoms with Crippen molar-refractivity contribution in [2.75, 3.05) is 5.32 Å². The Bertz CT molecular complexity index is 535. The maximum Gasteiger partial charge on any atom is 0.416 e. The standard InChI is InChI=1S/C12H10F3N3/c1-8-11(17-7-6-16-8)18-10-4-2-9(3-5-10)12(13,14)15/h2-7H,1H3,(H,17,18). The molecule has 2 aromatic rings. The monoisotopic (exact) mass is 253 g/mol. The van der Waals surface area contributed by atoms with E-state index in [4.69, 9.17) is 0 Å². The lowest BCUT2D eigenvalue weighted by molar-refractivity contribution is -0.137. The van der Waals surface area contributed by atoms with E-state index in [1.807, 2.05) is 0 Å². The first-order chi connectivity index (χ1) is 8.47. The predicted octanol–water partition coefficient (Wildman–Crippen LogP) is 3.55. The fraction of sp³-hybridized carbons (Fsp3) is 0.167. The van der Waals surface area contributed by atoms with Crippen LogP contribution < -0.4 is 5.32 Å². The Kier molecular flexibility index (Phi) is 3.18. The Hall–Kier alpha value is -2.11. The zero-order valence-corrected chi connectivity index (χ0v) is 9.49. The van der Waals surface area contributed by atoms with Crippen molar-refractivity contribution >= 4 is 11.5 Å². The van der Waals surface area contributed by atoms with E-state index >= 15 is 0 Å². The highest BCUT2D eigenvalue weighted by molar-refractivity contribution is 5.57. The van der Waals surface area contributed by atoms with E-state index in [2.05, 4.69) is 15.3 Å². The van der Waals surface area contributed by atoms with Gasteiger partial charge >= 0.3 is 6.18 Å². The first kappa shape index (κ1) is 12.3. The molecule has 0 unspecified atom stereocenters. The van der Waals surface area contributed by atoms with Crippen LogP contribution in [0.5, 0.6) is 0 Å². The van der Waals surface area contributed by atoms with Crippen LogP contribution in [-0.2, 0) is 6.18 Å². The van der Waals surface area contributed by atoms with E-state index in [1.54, 1.807) is 13.1 Å². The summed E-state index contributed by atoms with van der Waals surface area (Å²) in [6.45, 7) is 1.76. The molecule has 1 N–H and O–H groups in total. The zero-order chi connectivity index (χ0) is 13.2. The average molecular weight is 253 g/mol. The second kappa shape index (κ2) is 4.64. The summed E-state index contributed by atoms with van der Waals surface area (Å²) in [5.41, 5.74) is 0.535. The van der Waals surface area contributed by atoms with Crippen LogP contribution in [-0.4, -0.2) is 9.97 Å². The summed E-state index contributed by atoms with van der Waals surface area (Å²) in [7, 11) is 0. The SMILES string of the molecule is Cc1nccnc1Nc1ccc(C(F)(F)F)cc1. The van der Waals surface area contributed by atoms with Crippen molar-refractivity contribution in [2.45, 2.75) is 13.1 Å². The van der Waals surface area contributed by atoms with E-state index in [1.165, 1.54) is 18.3 Å². The molecule has 18 heavy (non-hydrogen) atoms. The fourth-order valence-corrected chi connectivity index (χ4v) is 1.41. The lowest BCUT2D eigenvalue weighted by atomic mass is 10.2. The van der Waals surface area contributed by atoms with Crippen molar-refractivity contribution < 1.29 is 13.2 Å². The van der Waals surface area contributed by atoms with Gasteiger partial charge in [0.25, 0.3) is 0 Å². The van der Waals surface area contributed by atoms with E-state index in [0.717, 1.165) is 12.1 Å². The summed E-state index contributed by atoms with van der Waals surface area (Å²) in [6, 6.07) is 4.76. The number of hydrogen-bond donors (Lipinski definition) is 1. The molecule has 0 radical (unpaired) electrons. The molecule has 6 heteroatoms. The lowest BCUT2D eigenvalue weighted by Gasteiger charge is -2.09. The van der Waals surface area contributed by atoms with Crippen LogP contribution in [0, 0.1) is 6.92 Å². The van der Waals surface area contributed by atoms with Gasteiger partial charge in [-0.25, -0.2) is 4.98 Å². The fourth-order valence-electron chi connectivity index (χ4n) is 1.41. The van der Waals surface area contributed by atoms with E-state index in [9.17, 15) is 13.2 Å². The van der Waals surface area contributed by atoms with Gasteiger partial charge < -0.3 is 5.32 Å². The number of rotatable bonds is 2. The molecule has 0 aliphatic rings. The van der Waals surface area contributed by atoms with E-state index in [0.29, 0.717) is 17.2 Å². The Morgan fingerprint density at radius 2 is 1.61 bits per heavy atom. The lowest BCUT2D eigenvalue weighted by Crippen LogP contribution is -2.04. The molecule has 3 nitrogen and oxygen atoms in total. The summed E-state index contributed by atoms with van der Waals surface area (Å²) < 4.78 is 37.1. The normalized spacial score (nSPS) is 11.3. The number of aryl methyl sites for hydroxylation is 1. The number of anilines is 2. The zero-order valence-electron chi connectivity index (χ0n) is 9.49. The van der Waals surface area contributed by atoms with Crippen molar-refractivity contribution in [3.63, 3.8) is 0 Å². The van der Waals surface area contributed by atoms with Gasteiger partial charge in [-0.05, 0) is 31.2 Å². The third-order valence-electron chi connectivity index (χ3n) is 2.36. The summed E-state index contributed by atoms with van der Waals surface area (Å²) in [5, 5.41) is 2.91. The highest BCUT2D eigenvalue weighted by Gasteiger charge is 2.29. The summed E-state index contributed by atoms with van der Waals surface area (Å²) in [6.07, 6.45) is -1.26. The Morgan fingerprint density at radius 3 is 2.17 bits per heavy atom. The number of aromatic nitrogens is 2. The third kappa shape index (κ3) is 2.77. The molecular formula is C12H10F3N3. The Labute approximate surface area is 102 Å². The van der Waals surface area contributed by atoms with E-state index < -0.39 is 11.7 Å². The van der Waals surface area contributed by atoms with Gasteiger partial charge in [0, 0.05) is 18.1 Å². The number of hydrogen-bond acceptors (Lipinski definition) is 3. The van der Waals surface area contributed by atoms with Crippen LogP contribution in [0.1, 0.15) is 11.3 Å². The van der Waals surface area contributed by atoms with Crippen molar-refractivity contribution in [3.05, 3.63) is 47.9 Å². The van der Waals surface area contributed by atoms with Crippen molar-refractivity contribution in [1.82, 2.24) is 9.97 Å². The molecule has 0 bridgehead atoms. The number of benzene rings is 1. The van der Waals surface area contributed by atoms with Gasteiger partial charge in [-0.2, -0.15) is 13.2 Å². The van der Waals surface area contributed by atoms with Gasteiger partial charge in [0.1, 0.15) is 0 Å². The molecule has 94 valence electrons. The summed E-state index contributed by atoms with van der Waals surface area (Å²) >= 11 is 0. The number of nitrogens with one attached hydrogen (secondary N) is 1. The molecule has 0 atom stereocenters. The Morgan fingerprint density at radius 1 is 1.00 bits per heavy atom. The molecule has 1 aromatic carbocycles. The van der Waals surface area contributed by atoms with Crippen LogP contribution in [0.25, 0.3) is 0 Å². The average Bonchev–Trinajstić information content (AvgIpc) is 2.32. The molecule has 0 saturated carbocycles. The first-order valence-electron chi connectivity index (χ1n) is 5.19. The molecule has 0 aliphatic carbocycles. The van der Waals surface area contributed by atoms with Gasteiger partial charge in [-0.15, -0.1) is 0 Å². The molecule has 1 aromatic heterocycles. The second-order valence-electron chi connectivity index (χ2n) is 3.69. The molecule has 0 amide bonds. The summed E-state index contributed by atoms with van der Waals surface area (Å²) in [4.78, 5) is 8.08. The van der Waals surface area contributed by atoms with Gasteiger partial charge in [0.05, 0.1) is 11.3 Å². The number of nitrogens with zero attached hydrogens (tertiary/aromatic N) is 2. The molecule has 0 spiro atoms. The maximum atomic E-state index is 12.4. The van der Waals surface area contributed by atoms with Crippen molar-refractivity contribution in [1.29, 1.82) is 0 Å². The molecule has 2 rings (SSSR count). The van der Waals surface area contributed by atoms with Gasteiger partial charge in [0.15, 0.2) is 5.82 Å². The largest absolute Gasteiger partial charge is 0.416 e. The van der Waals surface area contributed by atoms with Crippen LogP contribution in [0.3, 0.4) is 0 Å². The van der Waals surface area contributed by atoms with Crippen LogP contribution >= 0.6 is 0 Å². The van der Waals surface area contributed by atoms with Crippen LogP contribution in [0.15, 0.2) is 36.7 Å². The molecule has 0 saturated heterocycles. The Balaban J connectivity index is 2.19. The first-order valence-corrected chi connectivity index (χ1v) is 5.19. The molecule has 0 fully saturated rings. The van der Waals surface area contributed by atoms with Crippen molar-refractivity contribution in [3.8, 4) is 0 Å². The van der Waals surface area contributed by atoms with Crippen molar-refractivity contribution in [2.24, 2.45) is 0 Å². The predicted molar refractivity (Wildman–Crippen MR) is 61.5 cm³/mol. The summed E-state index contributed by atoms with van der Waals surface area (Å²) in [5.74, 6) is 0.525. The minimum absolute atomic E-state index is 0.525. The van der Waals surface area contributed by atoms with Crippen LogP contribution in [0.4, 0.5) is 24.7 Å². The minimum atomic E-state index is -4.32. The topological polar surface area (TPSA) is 37.8 Å². The van der Waals surface area contributed by atoms with E-state index in [-0.39, 0.29) is 0 Å². The van der Waals surface area contributed by atoms with Crippen LogP contribution in [0.2, 0.25) is 0 Å². The van der Waals surface area contributed by atoms with Gasteiger partial charge in [0.2, 0.25) is 0 Å². The highest BCUT2D eigenvalue weighted by atomic mass is 19.4. The number of alkyl halides is 3. The second-order valence-corrected chi connectivity index (χ2v) is 3.69. The molecular weight excluding hydrogens is 243 g/mol. The maximum absolute atomic E-state index is 12.4. The molecule has 1 heterocycles. The van der Waals surface area contributed by atoms with Gasteiger partial charge in [-0.1, -0.05) is 0 Å². The third-order valence-corrected chi connectivity index (χ3v) is 2.36. The highest BCUT2D eigenvalue weighted by Crippen LogP contribution is 2.30. The smallest absolute Gasteiger partial charge is 0.339 e. The molecule has 0 aliphatic heterocycles. The minimum Gasteiger partial charge on any atom is -0.339 e. The van der Waals surface area contributed by atoms with Gasteiger partial charge in [-0.3, -0.25) is 4.98 Å².